The topological polar surface area (TPSA) is 108 Å². The third-order valence-electron chi connectivity index (χ3n) is 5.26. The van der Waals surface area contributed by atoms with Crippen molar-refractivity contribution < 1.29 is 14.3 Å². The smallest absolute Gasteiger partial charge is 0.268 e. The molecule has 0 aliphatic carbocycles. The van der Waals surface area contributed by atoms with Crippen molar-refractivity contribution in [2.75, 3.05) is 11.9 Å². The number of nitrogens with zero attached hydrogens (tertiary/aromatic N) is 3. The van der Waals surface area contributed by atoms with Crippen LogP contribution in [0.2, 0.25) is 0 Å². The summed E-state index contributed by atoms with van der Waals surface area (Å²) in [6.07, 6.45) is 1.48. The van der Waals surface area contributed by atoms with E-state index in [1.54, 1.807) is 30.3 Å². The standard InChI is InChI=1S/C29H22N4O3S/c1-2-35-27-15-20(12-13-26(27)36-18-23-11-7-6-10-22(23)16-30)14-24(17-31)28(34)33-29-32-25(19-37-29)21-8-4-3-5-9-21/h3-15,19H,2,18H2,1H3,(H,32,33,34)/b24-14-. The van der Waals surface area contributed by atoms with Crippen molar-refractivity contribution in [2.24, 2.45) is 0 Å². The first-order valence-corrected chi connectivity index (χ1v) is 12.3. The Kier molecular flexibility index (Phi) is 8.28. The maximum absolute atomic E-state index is 12.8. The summed E-state index contributed by atoms with van der Waals surface area (Å²) in [4.78, 5) is 17.2. The quantitative estimate of drug-likeness (QED) is 0.214. The van der Waals surface area contributed by atoms with Gasteiger partial charge in [-0.25, -0.2) is 4.98 Å². The van der Waals surface area contributed by atoms with Gasteiger partial charge in [0.2, 0.25) is 0 Å². The second-order valence-electron chi connectivity index (χ2n) is 7.72. The van der Waals surface area contributed by atoms with E-state index in [4.69, 9.17) is 9.47 Å². The molecule has 0 bridgehead atoms. The Morgan fingerprint density at radius 1 is 1.03 bits per heavy atom. The molecular weight excluding hydrogens is 484 g/mol. The van der Waals surface area contributed by atoms with Crippen molar-refractivity contribution in [2.45, 2.75) is 13.5 Å². The van der Waals surface area contributed by atoms with Crippen molar-refractivity contribution >= 4 is 28.5 Å². The fraction of sp³-hybridized carbons (Fsp3) is 0.103. The number of rotatable bonds is 9. The zero-order valence-corrected chi connectivity index (χ0v) is 20.8. The van der Waals surface area contributed by atoms with E-state index in [1.165, 1.54) is 17.4 Å². The van der Waals surface area contributed by atoms with Crippen LogP contribution in [0.4, 0.5) is 5.13 Å². The summed E-state index contributed by atoms with van der Waals surface area (Å²) in [5.74, 6) is 0.407. The lowest BCUT2D eigenvalue weighted by Crippen LogP contribution is -2.13. The van der Waals surface area contributed by atoms with Crippen LogP contribution in [0.15, 0.2) is 83.7 Å². The lowest BCUT2D eigenvalue weighted by atomic mass is 10.1. The third-order valence-corrected chi connectivity index (χ3v) is 6.02. The Hall–Kier alpha value is -4.92. The first-order chi connectivity index (χ1) is 18.1. The molecule has 7 nitrogen and oxygen atoms in total. The predicted octanol–water partition coefficient (Wildman–Crippen LogP) is 6.21. The summed E-state index contributed by atoms with van der Waals surface area (Å²) in [7, 11) is 0. The van der Waals surface area contributed by atoms with Gasteiger partial charge in [0, 0.05) is 16.5 Å². The van der Waals surface area contributed by atoms with E-state index < -0.39 is 5.91 Å². The molecule has 37 heavy (non-hydrogen) atoms. The highest BCUT2D eigenvalue weighted by atomic mass is 32.1. The zero-order chi connectivity index (χ0) is 26.0. The van der Waals surface area contributed by atoms with Crippen molar-refractivity contribution in [3.05, 3.63) is 100 Å². The van der Waals surface area contributed by atoms with Crippen molar-refractivity contribution in [1.29, 1.82) is 10.5 Å². The molecular formula is C29H22N4O3S. The minimum absolute atomic E-state index is 0.0736. The molecule has 0 aliphatic heterocycles. The lowest BCUT2D eigenvalue weighted by Gasteiger charge is -2.13. The van der Waals surface area contributed by atoms with Crippen molar-refractivity contribution in [3.63, 3.8) is 0 Å². The highest BCUT2D eigenvalue weighted by Gasteiger charge is 2.14. The average molecular weight is 507 g/mol. The van der Waals surface area contributed by atoms with Crippen LogP contribution in [0.25, 0.3) is 17.3 Å². The molecule has 4 rings (SSSR count). The number of ether oxygens (including phenoxy) is 2. The van der Waals surface area contributed by atoms with Crippen molar-refractivity contribution in [3.8, 4) is 34.9 Å². The fourth-order valence-corrected chi connectivity index (χ4v) is 4.18. The predicted molar refractivity (Wildman–Crippen MR) is 143 cm³/mol. The minimum Gasteiger partial charge on any atom is -0.490 e. The number of amides is 1. The van der Waals surface area contributed by atoms with Gasteiger partial charge in [0.25, 0.3) is 5.91 Å². The molecule has 4 aromatic rings. The van der Waals surface area contributed by atoms with E-state index >= 15 is 0 Å². The van der Waals surface area contributed by atoms with E-state index in [2.05, 4.69) is 16.4 Å². The van der Waals surface area contributed by atoms with E-state index in [9.17, 15) is 15.3 Å². The molecule has 0 saturated heterocycles. The SMILES string of the molecule is CCOc1cc(/C=C(/C#N)C(=O)Nc2nc(-c3ccccc3)cs2)ccc1OCc1ccccc1C#N. The largest absolute Gasteiger partial charge is 0.490 e. The van der Waals surface area contributed by atoms with Gasteiger partial charge in [0.05, 0.1) is 23.9 Å². The van der Waals surface area contributed by atoms with Crippen LogP contribution in [-0.4, -0.2) is 17.5 Å². The molecule has 1 N–H and O–H groups in total. The Bertz CT molecular complexity index is 1510. The number of anilines is 1. The molecule has 0 radical (unpaired) electrons. The second kappa shape index (κ2) is 12.2. The average Bonchev–Trinajstić information content (AvgIpc) is 3.40. The van der Waals surface area contributed by atoms with Gasteiger partial charge in [-0.3, -0.25) is 10.1 Å². The number of thiazole rings is 1. The minimum atomic E-state index is -0.553. The molecule has 8 heteroatoms. The number of nitriles is 2. The summed E-state index contributed by atoms with van der Waals surface area (Å²) in [5.41, 5.74) is 3.52. The second-order valence-corrected chi connectivity index (χ2v) is 8.58. The maximum atomic E-state index is 12.8. The van der Waals surface area contributed by atoms with Gasteiger partial charge in [0.15, 0.2) is 16.6 Å². The summed E-state index contributed by atoms with van der Waals surface area (Å²) >= 11 is 1.29. The van der Waals surface area contributed by atoms with Gasteiger partial charge < -0.3 is 9.47 Å². The molecule has 0 spiro atoms. The Balaban J connectivity index is 1.49. The summed E-state index contributed by atoms with van der Waals surface area (Å²) in [6, 6.07) is 26.1. The molecule has 1 amide bonds. The highest BCUT2D eigenvalue weighted by Crippen LogP contribution is 2.31. The number of hydrogen-bond acceptors (Lipinski definition) is 7. The number of benzene rings is 3. The van der Waals surface area contributed by atoms with Gasteiger partial charge in [0.1, 0.15) is 18.2 Å². The third kappa shape index (κ3) is 6.40. The Morgan fingerprint density at radius 2 is 1.81 bits per heavy atom. The highest BCUT2D eigenvalue weighted by molar-refractivity contribution is 7.14. The number of carbonyl (C=O) groups excluding carboxylic acids is 1. The van der Waals surface area contributed by atoms with E-state index in [-0.39, 0.29) is 12.2 Å². The molecule has 0 atom stereocenters. The van der Waals surface area contributed by atoms with E-state index in [0.29, 0.717) is 34.4 Å². The monoisotopic (exact) mass is 506 g/mol. The lowest BCUT2D eigenvalue weighted by molar-refractivity contribution is -0.112. The number of nitrogens with one attached hydrogen (secondary N) is 1. The number of aromatic nitrogens is 1. The first-order valence-electron chi connectivity index (χ1n) is 11.4. The molecule has 3 aromatic carbocycles. The van der Waals surface area contributed by atoms with Crippen LogP contribution in [0.1, 0.15) is 23.6 Å². The molecule has 182 valence electrons. The van der Waals surface area contributed by atoms with Gasteiger partial charge in [-0.1, -0.05) is 54.6 Å². The van der Waals surface area contributed by atoms with E-state index in [1.807, 2.05) is 60.8 Å². The molecule has 0 aliphatic rings. The summed E-state index contributed by atoms with van der Waals surface area (Å²) in [6.45, 7) is 2.45. The Morgan fingerprint density at radius 3 is 2.57 bits per heavy atom. The first kappa shape index (κ1) is 25.2. The van der Waals surface area contributed by atoms with Gasteiger partial charge in [-0.15, -0.1) is 11.3 Å². The Labute approximate surface area is 218 Å². The van der Waals surface area contributed by atoms with Crippen molar-refractivity contribution in [1.82, 2.24) is 4.98 Å². The van der Waals surface area contributed by atoms with Gasteiger partial charge in [-0.05, 0) is 36.8 Å². The molecule has 1 heterocycles. The van der Waals surface area contributed by atoms with Crippen LogP contribution in [-0.2, 0) is 11.4 Å². The van der Waals surface area contributed by atoms with Gasteiger partial charge in [-0.2, -0.15) is 10.5 Å². The molecule has 0 unspecified atom stereocenters. The maximum Gasteiger partial charge on any atom is 0.268 e. The van der Waals surface area contributed by atoms with E-state index in [0.717, 1.165) is 16.8 Å². The van der Waals surface area contributed by atoms with Crippen LogP contribution in [0.3, 0.4) is 0 Å². The fourth-order valence-electron chi connectivity index (χ4n) is 3.47. The normalized spacial score (nSPS) is 10.7. The van der Waals surface area contributed by atoms with Crippen LogP contribution in [0.5, 0.6) is 11.5 Å². The van der Waals surface area contributed by atoms with Crippen LogP contribution >= 0.6 is 11.3 Å². The number of carbonyl (C=O) groups is 1. The van der Waals surface area contributed by atoms with Crippen LogP contribution < -0.4 is 14.8 Å². The molecule has 0 fully saturated rings. The molecule has 0 saturated carbocycles. The summed E-state index contributed by atoms with van der Waals surface area (Å²) < 4.78 is 11.6. The van der Waals surface area contributed by atoms with Gasteiger partial charge >= 0.3 is 0 Å². The zero-order valence-electron chi connectivity index (χ0n) is 20.0. The number of hydrogen-bond donors (Lipinski definition) is 1. The van der Waals surface area contributed by atoms with Crippen LogP contribution in [0, 0.1) is 22.7 Å². The molecule has 1 aromatic heterocycles. The summed E-state index contributed by atoms with van der Waals surface area (Å²) in [5, 5.41) is 23.9.